The minimum absolute atomic E-state index is 0.0951. The molecule has 0 aromatic carbocycles. The molecular weight excluding hydrogens is 250 g/mol. The van der Waals surface area contributed by atoms with Crippen LogP contribution >= 0.6 is 11.3 Å². The van der Waals surface area contributed by atoms with Gasteiger partial charge in [0.05, 0.1) is 17.6 Å². The van der Waals surface area contributed by atoms with Crippen LogP contribution in [0.15, 0.2) is 6.07 Å². The maximum Gasteiger partial charge on any atom is 0.261 e. The average Bonchev–Trinajstić information content (AvgIpc) is 2.67. The summed E-state index contributed by atoms with van der Waals surface area (Å²) < 4.78 is 0. The van der Waals surface area contributed by atoms with Gasteiger partial charge in [0.1, 0.15) is 0 Å². The van der Waals surface area contributed by atoms with Crippen LogP contribution < -0.4 is 5.32 Å². The fourth-order valence-electron chi connectivity index (χ4n) is 2.14. The summed E-state index contributed by atoms with van der Waals surface area (Å²) in [7, 11) is 0. The summed E-state index contributed by atoms with van der Waals surface area (Å²) in [5.41, 5.74) is 1.31. The van der Waals surface area contributed by atoms with Crippen molar-refractivity contribution < 1.29 is 15.0 Å². The Morgan fingerprint density at radius 1 is 1.39 bits per heavy atom. The Morgan fingerprint density at radius 2 is 2.17 bits per heavy atom. The summed E-state index contributed by atoms with van der Waals surface area (Å²) in [6, 6.07) is 1.98. The predicted molar refractivity (Wildman–Crippen MR) is 71.0 cm³/mol. The van der Waals surface area contributed by atoms with Crippen LogP contribution in [-0.2, 0) is 12.8 Å². The first-order valence-electron chi connectivity index (χ1n) is 6.39. The molecule has 4 nitrogen and oxygen atoms in total. The van der Waals surface area contributed by atoms with E-state index in [1.807, 2.05) is 6.07 Å². The molecule has 0 radical (unpaired) electrons. The van der Waals surface area contributed by atoms with Crippen LogP contribution in [0.5, 0.6) is 0 Å². The van der Waals surface area contributed by atoms with Gasteiger partial charge in [-0.3, -0.25) is 4.79 Å². The molecule has 2 rings (SSSR count). The molecule has 100 valence electrons. The number of aryl methyl sites for hydroxylation is 2. The number of aliphatic hydroxyl groups excluding tert-OH is 2. The van der Waals surface area contributed by atoms with Gasteiger partial charge in [0.2, 0.25) is 0 Å². The van der Waals surface area contributed by atoms with E-state index >= 15 is 0 Å². The van der Waals surface area contributed by atoms with Crippen molar-refractivity contribution in [3.63, 3.8) is 0 Å². The average molecular weight is 269 g/mol. The van der Waals surface area contributed by atoms with Crippen LogP contribution in [0, 0.1) is 0 Å². The normalized spacial score (nSPS) is 16.8. The highest BCUT2D eigenvalue weighted by Crippen LogP contribution is 2.28. The molecule has 1 amide bonds. The zero-order valence-corrected chi connectivity index (χ0v) is 11.1. The standard InChI is InChI=1S/C13H19NO3S/c15-8-10(16)7-14-13(17)12-6-9-4-2-1-3-5-11(9)18-12/h6,10,15-16H,1-5,7-8H2,(H,14,17). The van der Waals surface area contributed by atoms with Gasteiger partial charge < -0.3 is 15.5 Å². The van der Waals surface area contributed by atoms with Crippen molar-refractivity contribution in [2.75, 3.05) is 13.2 Å². The van der Waals surface area contributed by atoms with Gasteiger partial charge in [0.25, 0.3) is 5.91 Å². The molecule has 1 aliphatic carbocycles. The third kappa shape index (κ3) is 3.31. The number of aliphatic hydroxyl groups is 2. The van der Waals surface area contributed by atoms with Crippen molar-refractivity contribution in [3.05, 3.63) is 21.4 Å². The van der Waals surface area contributed by atoms with Crippen molar-refractivity contribution >= 4 is 17.2 Å². The van der Waals surface area contributed by atoms with E-state index in [1.54, 1.807) is 11.3 Å². The first-order valence-corrected chi connectivity index (χ1v) is 7.21. The number of carbonyl (C=O) groups excluding carboxylic acids is 1. The Kier molecular flexibility index (Phi) is 4.74. The van der Waals surface area contributed by atoms with E-state index in [2.05, 4.69) is 5.32 Å². The molecule has 18 heavy (non-hydrogen) atoms. The van der Waals surface area contributed by atoms with E-state index in [1.165, 1.54) is 29.7 Å². The second-order valence-corrected chi connectivity index (χ2v) is 5.80. The molecule has 5 heteroatoms. The van der Waals surface area contributed by atoms with Crippen molar-refractivity contribution in [2.24, 2.45) is 0 Å². The number of carbonyl (C=O) groups is 1. The fourth-order valence-corrected chi connectivity index (χ4v) is 3.31. The summed E-state index contributed by atoms with van der Waals surface area (Å²) in [5, 5.41) is 20.5. The van der Waals surface area contributed by atoms with Gasteiger partial charge in [-0.1, -0.05) is 6.42 Å². The molecule has 0 saturated heterocycles. The highest BCUT2D eigenvalue weighted by Gasteiger charge is 2.16. The van der Waals surface area contributed by atoms with Gasteiger partial charge in [-0.2, -0.15) is 0 Å². The van der Waals surface area contributed by atoms with Crippen LogP contribution in [-0.4, -0.2) is 35.4 Å². The minimum Gasteiger partial charge on any atom is -0.394 e. The van der Waals surface area contributed by atoms with Crippen LogP contribution in [0.4, 0.5) is 0 Å². The molecule has 1 aromatic heterocycles. The summed E-state index contributed by atoms with van der Waals surface area (Å²) in [6.45, 7) is -0.237. The topological polar surface area (TPSA) is 69.6 Å². The summed E-state index contributed by atoms with van der Waals surface area (Å²) in [6.07, 6.45) is 4.94. The van der Waals surface area contributed by atoms with E-state index in [-0.39, 0.29) is 19.1 Å². The van der Waals surface area contributed by atoms with E-state index in [0.717, 1.165) is 12.8 Å². The molecule has 0 aliphatic heterocycles. The number of rotatable bonds is 4. The molecule has 0 fully saturated rings. The lowest BCUT2D eigenvalue weighted by atomic mass is 10.1. The van der Waals surface area contributed by atoms with Crippen molar-refractivity contribution in [2.45, 2.75) is 38.2 Å². The van der Waals surface area contributed by atoms with Gasteiger partial charge >= 0.3 is 0 Å². The van der Waals surface area contributed by atoms with E-state index in [9.17, 15) is 9.90 Å². The zero-order valence-electron chi connectivity index (χ0n) is 10.3. The zero-order chi connectivity index (χ0) is 13.0. The number of thiophene rings is 1. The lowest BCUT2D eigenvalue weighted by molar-refractivity contribution is 0.0804. The number of nitrogens with one attached hydrogen (secondary N) is 1. The lowest BCUT2D eigenvalue weighted by Gasteiger charge is -2.07. The van der Waals surface area contributed by atoms with Crippen LogP contribution in [0.3, 0.4) is 0 Å². The number of amides is 1. The second-order valence-electron chi connectivity index (χ2n) is 4.67. The first-order chi connectivity index (χ1) is 8.70. The van der Waals surface area contributed by atoms with E-state index < -0.39 is 6.10 Å². The van der Waals surface area contributed by atoms with Gasteiger partial charge in [0, 0.05) is 11.4 Å². The minimum atomic E-state index is -0.883. The molecule has 1 heterocycles. The summed E-state index contributed by atoms with van der Waals surface area (Å²) in [4.78, 5) is 13.9. The van der Waals surface area contributed by atoms with Crippen LogP contribution in [0.25, 0.3) is 0 Å². The molecule has 1 aromatic rings. The molecule has 0 saturated carbocycles. The molecule has 3 N–H and O–H groups in total. The molecule has 0 bridgehead atoms. The predicted octanol–water partition coefficient (Wildman–Crippen LogP) is 1.10. The van der Waals surface area contributed by atoms with Crippen molar-refractivity contribution in [1.82, 2.24) is 5.32 Å². The second kappa shape index (κ2) is 6.31. The van der Waals surface area contributed by atoms with Crippen molar-refractivity contribution in [1.29, 1.82) is 0 Å². The Hall–Kier alpha value is -0.910. The largest absolute Gasteiger partial charge is 0.394 e. The van der Waals surface area contributed by atoms with Gasteiger partial charge in [-0.15, -0.1) is 11.3 Å². The Labute approximate surface area is 111 Å². The SMILES string of the molecule is O=C(NCC(O)CO)c1cc2c(s1)CCCCC2. The molecule has 1 aliphatic rings. The van der Waals surface area contributed by atoms with Crippen LogP contribution in [0.1, 0.15) is 39.4 Å². The fraction of sp³-hybridized carbons (Fsp3) is 0.615. The van der Waals surface area contributed by atoms with Gasteiger partial charge in [-0.25, -0.2) is 0 Å². The number of fused-ring (bicyclic) bond motifs is 1. The molecule has 1 unspecified atom stereocenters. The maximum atomic E-state index is 11.9. The lowest BCUT2D eigenvalue weighted by Crippen LogP contribution is -2.33. The van der Waals surface area contributed by atoms with Gasteiger partial charge in [-0.05, 0) is 37.3 Å². The molecular formula is C13H19NO3S. The number of hydrogen-bond donors (Lipinski definition) is 3. The third-order valence-corrected chi connectivity index (χ3v) is 4.42. The highest BCUT2D eigenvalue weighted by atomic mass is 32.1. The van der Waals surface area contributed by atoms with E-state index in [0.29, 0.717) is 4.88 Å². The maximum absolute atomic E-state index is 11.9. The number of hydrogen-bond acceptors (Lipinski definition) is 4. The monoisotopic (exact) mass is 269 g/mol. The third-order valence-electron chi connectivity index (χ3n) is 3.18. The first kappa shape index (κ1) is 13.5. The highest BCUT2D eigenvalue weighted by molar-refractivity contribution is 7.14. The smallest absolute Gasteiger partial charge is 0.261 e. The molecule has 1 atom stereocenters. The molecule has 0 spiro atoms. The van der Waals surface area contributed by atoms with Gasteiger partial charge in [0.15, 0.2) is 0 Å². The van der Waals surface area contributed by atoms with Crippen LogP contribution in [0.2, 0.25) is 0 Å². The Morgan fingerprint density at radius 3 is 2.94 bits per heavy atom. The Bertz CT molecular complexity index is 393. The van der Waals surface area contributed by atoms with Crippen molar-refractivity contribution in [3.8, 4) is 0 Å². The van der Waals surface area contributed by atoms with E-state index in [4.69, 9.17) is 5.11 Å². The summed E-state index contributed by atoms with van der Waals surface area (Å²) in [5.74, 6) is -0.152. The Balaban J connectivity index is 1.98. The summed E-state index contributed by atoms with van der Waals surface area (Å²) >= 11 is 1.56. The quantitative estimate of drug-likeness (QED) is 0.717.